The molecular formula is C18H18N4O3. The molecule has 7 nitrogen and oxygen atoms in total. The summed E-state index contributed by atoms with van der Waals surface area (Å²) >= 11 is 0. The summed E-state index contributed by atoms with van der Waals surface area (Å²) in [5.74, 6) is 0.0782. The van der Waals surface area contributed by atoms with E-state index >= 15 is 0 Å². The fourth-order valence-electron chi connectivity index (χ4n) is 3.39. The molecule has 2 heterocycles. The molecule has 0 bridgehead atoms. The van der Waals surface area contributed by atoms with Gasteiger partial charge in [-0.15, -0.1) is 0 Å². The molecule has 1 aliphatic heterocycles. The number of para-hydroxylation sites is 2. The molecule has 25 heavy (non-hydrogen) atoms. The number of carbonyl (C=O) groups is 1. The van der Waals surface area contributed by atoms with E-state index < -0.39 is 0 Å². The van der Waals surface area contributed by atoms with Crippen LogP contribution in [0.3, 0.4) is 0 Å². The predicted octanol–water partition coefficient (Wildman–Crippen LogP) is 0.928. The number of carbonyl (C=O) groups excluding carboxylic acids is 1. The zero-order valence-electron chi connectivity index (χ0n) is 13.9. The normalized spacial score (nSPS) is 15.1. The third-order valence-corrected chi connectivity index (χ3v) is 4.81. The van der Waals surface area contributed by atoms with Gasteiger partial charge in [0.2, 0.25) is 5.91 Å². The SMILES string of the molecule is CC(=O)N1CCN(c2ccc3c(c2)[n+]([O-])c2ccccc2[n+]3[O-])CC1. The van der Waals surface area contributed by atoms with Crippen LogP contribution in [0, 0.1) is 10.4 Å². The third-order valence-electron chi connectivity index (χ3n) is 4.81. The molecule has 7 heteroatoms. The van der Waals surface area contributed by atoms with Crippen LogP contribution in [0.2, 0.25) is 0 Å². The van der Waals surface area contributed by atoms with Crippen molar-refractivity contribution < 1.29 is 14.3 Å². The summed E-state index contributed by atoms with van der Waals surface area (Å²) in [4.78, 5) is 15.4. The van der Waals surface area contributed by atoms with Gasteiger partial charge in [0.15, 0.2) is 0 Å². The Kier molecular flexibility index (Phi) is 3.56. The average Bonchev–Trinajstić information content (AvgIpc) is 2.66. The minimum Gasteiger partial charge on any atom is -0.617 e. The number of hydrogen-bond donors (Lipinski definition) is 0. The fraction of sp³-hybridized carbons (Fsp3) is 0.278. The van der Waals surface area contributed by atoms with Crippen molar-refractivity contribution in [2.75, 3.05) is 31.1 Å². The first-order valence-corrected chi connectivity index (χ1v) is 8.24. The number of fused-ring (bicyclic) bond motifs is 2. The first-order valence-electron chi connectivity index (χ1n) is 8.24. The van der Waals surface area contributed by atoms with Crippen LogP contribution in [0.5, 0.6) is 0 Å². The van der Waals surface area contributed by atoms with Crippen LogP contribution in [-0.2, 0) is 4.79 Å². The Morgan fingerprint density at radius 3 is 2.04 bits per heavy atom. The molecule has 0 unspecified atom stereocenters. The highest BCUT2D eigenvalue weighted by Crippen LogP contribution is 2.21. The Hall–Kier alpha value is -3.09. The predicted molar refractivity (Wildman–Crippen MR) is 93.8 cm³/mol. The van der Waals surface area contributed by atoms with Gasteiger partial charge in [0, 0.05) is 63.1 Å². The second kappa shape index (κ2) is 5.77. The Morgan fingerprint density at radius 1 is 0.880 bits per heavy atom. The summed E-state index contributed by atoms with van der Waals surface area (Å²) in [5.41, 5.74) is 2.28. The van der Waals surface area contributed by atoms with Gasteiger partial charge in [0.05, 0.1) is 0 Å². The molecule has 0 spiro atoms. The van der Waals surface area contributed by atoms with Crippen LogP contribution in [-0.4, -0.2) is 37.0 Å². The standard InChI is InChI=1S/C18H18N4O3/c1-13(23)19-8-10-20(11-9-19)14-6-7-17-18(12-14)22(25)16-5-3-2-4-15(16)21(17)24/h2-7,12H,8-11H2,1H3. The molecule has 128 valence electrons. The lowest BCUT2D eigenvalue weighted by atomic mass is 10.2. The molecule has 0 saturated carbocycles. The van der Waals surface area contributed by atoms with E-state index in [9.17, 15) is 15.2 Å². The van der Waals surface area contributed by atoms with Crippen molar-refractivity contribution in [3.63, 3.8) is 0 Å². The monoisotopic (exact) mass is 338 g/mol. The lowest BCUT2D eigenvalue weighted by Gasteiger charge is -2.35. The highest BCUT2D eigenvalue weighted by molar-refractivity contribution is 5.79. The topological polar surface area (TPSA) is 77.4 Å². The van der Waals surface area contributed by atoms with Crippen molar-refractivity contribution in [2.45, 2.75) is 6.92 Å². The van der Waals surface area contributed by atoms with Crippen molar-refractivity contribution in [2.24, 2.45) is 0 Å². The van der Waals surface area contributed by atoms with Crippen molar-refractivity contribution >= 4 is 33.7 Å². The maximum Gasteiger partial charge on any atom is 0.292 e. The first kappa shape index (κ1) is 15.4. The van der Waals surface area contributed by atoms with E-state index in [2.05, 4.69) is 4.90 Å². The average molecular weight is 338 g/mol. The van der Waals surface area contributed by atoms with Crippen LogP contribution in [0.25, 0.3) is 22.1 Å². The fourth-order valence-corrected chi connectivity index (χ4v) is 3.39. The van der Waals surface area contributed by atoms with Crippen molar-refractivity contribution in [3.05, 3.63) is 52.9 Å². The van der Waals surface area contributed by atoms with Crippen molar-refractivity contribution in [3.8, 4) is 0 Å². The van der Waals surface area contributed by atoms with Gasteiger partial charge in [-0.2, -0.15) is 9.46 Å². The van der Waals surface area contributed by atoms with Gasteiger partial charge in [0.25, 0.3) is 22.1 Å². The van der Waals surface area contributed by atoms with Crippen LogP contribution in [0.4, 0.5) is 5.69 Å². The van der Waals surface area contributed by atoms with Gasteiger partial charge < -0.3 is 20.2 Å². The Labute approximate surface area is 144 Å². The van der Waals surface area contributed by atoms with Crippen LogP contribution in [0.15, 0.2) is 42.5 Å². The molecule has 1 amide bonds. The molecule has 1 aliphatic rings. The van der Waals surface area contributed by atoms with Gasteiger partial charge in [-0.05, 0) is 6.07 Å². The number of aromatic nitrogens is 2. The van der Waals surface area contributed by atoms with Crippen LogP contribution in [0.1, 0.15) is 6.92 Å². The summed E-state index contributed by atoms with van der Waals surface area (Å²) in [6, 6.07) is 12.1. The van der Waals surface area contributed by atoms with E-state index in [4.69, 9.17) is 0 Å². The maximum absolute atomic E-state index is 12.7. The molecule has 1 saturated heterocycles. The molecule has 0 atom stereocenters. The van der Waals surface area contributed by atoms with Gasteiger partial charge in [-0.3, -0.25) is 4.79 Å². The molecule has 0 radical (unpaired) electrons. The Morgan fingerprint density at radius 2 is 1.44 bits per heavy atom. The second-order valence-electron chi connectivity index (χ2n) is 6.24. The number of hydrogen-bond acceptors (Lipinski definition) is 4. The molecule has 0 N–H and O–H groups in total. The van der Waals surface area contributed by atoms with Crippen molar-refractivity contribution in [1.82, 2.24) is 4.90 Å². The second-order valence-corrected chi connectivity index (χ2v) is 6.24. The third kappa shape index (κ3) is 2.48. The number of anilines is 1. The highest BCUT2D eigenvalue weighted by atomic mass is 16.5. The summed E-state index contributed by atoms with van der Waals surface area (Å²) in [6.07, 6.45) is 0. The zero-order valence-corrected chi connectivity index (χ0v) is 13.9. The number of amides is 1. The van der Waals surface area contributed by atoms with Gasteiger partial charge in [-0.25, -0.2) is 0 Å². The molecular weight excluding hydrogens is 320 g/mol. The smallest absolute Gasteiger partial charge is 0.292 e. The summed E-state index contributed by atoms with van der Waals surface area (Å²) in [7, 11) is 0. The molecule has 0 aliphatic carbocycles. The zero-order chi connectivity index (χ0) is 17.6. The molecule has 1 fully saturated rings. The minimum absolute atomic E-state index is 0.0782. The molecule has 3 aromatic rings. The Bertz CT molecular complexity index is 981. The van der Waals surface area contributed by atoms with Gasteiger partial charge in [0.1, 0.15) is 0 Å². The first-order chi connectivity index (χ1) is 12.1. The van der Waals surface area contributed by atoms with Gasteiger partial charge in [-0.1, -0.05) is 12.1 Å². The largest absolute Gasteiger partial charge is 0.617 e. The number of piperazine rings is 1. The molecule has 1 aromatic heterocycles. The van der Waals surface area contributed by atoms with E-state index in [0.29, 0.717) is 48.2 Å². The Balaban J connectivity index is 1.77. The number of nitrogens with zero attached hydrogens (tertiary/aromatic N) is 4. The summed E-state index contributed by atoms with van der Waals surface area (Å²) in [5, 5.41) is 25.3. The van der Waals surface area contributed by atoms with Crippen molar-refractivity contribution in [1.29, 1.82) is 0 Å². The van der Waals surface area contributed by atoms with E-state index in [0.717, 1.165) is 15.1 Å². The maximum atomic E-state index is 12.7. The van der Waals surface area contributed by atoms with Gasteiger partial charge >= 0.3 is 0 Å². The van der Waals surface area contributed by atoms with E-state index in [1.807, 2.05) is 11.0 Å². The lowest BCUT2D eigenvalue weighted by molar-refractivity contribution is -0.591. The summed E-state index contributed by atoms with van der Waals surface area (Å²) in [6.45, 7) is 4.29. The van der Waals surface area contributed by atoms with E-state index in [1.54, 1.807) is 43.3 Å². The number of benzene rings is 2. The molecule has 4 rings (SSSR count). The lowest BCUT2D eigenvalue weighted by Crippen LogP contribution is -2.48. The van der Waals surface area contributed by atoms with E-state index in [1.165, 1.54) is 0 Å². The van der Waals surface area contributed by atoms with Crippen LogP contribution >= 0.6 is 0 Å². The highest BCUT2D eigenvalue weighted by Gasteiger charge is 2.24. The molecule has 2 aromatic carbocycles. The quantitative estimate of drug-likeness (QED) is 0.376. The number of rotatable bonds is 1. The van der Waals surface area contributed by atoms with E-state index in [-0.39, 0.29) is 5.91 Å². The summed E-state index contributed by atoms with van der Waals surface area (Å²) < 4.78 is 1.62. The van der Waals surface area contributed by atoms with Crippen LogP contribution < -0.4 is 14.4 Å². The minimum atomic E-state index is 0.0782.